The molecule has 0 radical (unpaired) electrons. The quantitative estimate of drug-likeness (QED) is 0.823. The van der Waals surface area contributed by atoms with Crippen molar-refractivity contribution in [3.63, 3.8) is 0 Å². The number of carboxylic acid groups (broad SMARTS) is 1. The summed E-state index contributed by atoms with van der Waals surface area (Å²) < 4.78 is 41.0. The van der Waals surface area contributed by atoms with Gasteiger partial charge in [-0.15, -0.1) is 0 Å². The van der Waals surface area contributed by atoms with Crippen molar-refractivity contribution in [3.8, 4) is 0 Å². The first-order chi connectivity index (χ1) is 9.81. The topological polar surface area (TPSA) is 83.5 Å². The maximum absolute atomic E-state index is 14.1. The smallest absolute Gasteiger partial charge is 0.338 e. The molecule has 1 aliphatic rings. The molecule has 0 aromatic heterocycles. The molecule has 0 aliphatic heterocycles. The third-order valence-electron chi connectivity index (χ3n) is 3.56. The summed E-state index contributed by atoms with van der Waals surface area (Å²) in [5, 5.41) is 8.91. The first kappa shape index (κ1) is 16.4. The SMILES string of the molecule is O=C(O)c1cc(Br)cc(S(=O)(=O)NCC2CCCC2)c1F. The molecule has 1 fully saturated rings. The highest BCUT2D eigenvalue weighted by molar-refractivity contribution is 9.10. The summed E-state index contributed by atoms with van der Waals surface area (Å²) in [6, 6.07) is 2.10. The Morgan fingerprint density at radius 1 is 1.38 bits per heavy atom. The molecule has 0 amide bonds. The van der Waals surface area contributed by atoms with Gasteiger partial charge in [0.2, 0.25) is 10.0 Å². The van der Waals surface area contributed by atoms with Crippen LogP contribution in [0.2, 0.25) is 0 Å². The number of halogens is 2. The van der Waals surface area contributed by atoms with E-state index in [1.165, 1.54) is 0 Å². The number of hydrogen-bond donors (Lipinski definition) is 2. The Bertz CT molecular complexity index is 656. The minimum Gasteiger partial charge on any atom is -0.478 e. The molecule has 0 spiro atoms. The lowest BCUT2D eigenvalue weighted by molar-refractivity contribution is 0.0691. The van der Waals surface area contributed by atoms with E-state index in [0.717, 1.165) is 37.8 Å². The van der Waals surface area contributed by atoms with Crippen LogP contribution in [0.1, 0.15) is 36.0 Å². The van der Waals surface area contributed by atoms with Crippen LogP contribution >= 0.6 is 15.9 Å². The molecule has 0 bridgehead atoms. The van der Waals surface area contributed by atoms with E-state index < -0.39 is 32.3 Å². The van der Waals surface area contributed by atoms with Gasteiger partial charge in [0.1, 0.15) is 4.90 Å². The second-order valence-electron chi connectivity index (χ2n) is 5.07. The number of carboxylic acids is 1. The van der Waals surface area contributed by atoms with Gasteiger partial charge >= 0.3 is 5.97 Å². The molecule has 5 nitrogen and oxygen atoms in total. The Hall–Kier alpha value is -0.990. The molecule has 8 heteroatoms. The van der Waals surface area contributed by atoms with E-state index in [9.17, 15) is 17.6 Å². The lowest BCUT2D eigenvalue weighted by Crippen LogP contribution is -2.29. The predicted molar refractivity (Wildman–Crippen MR) is 78.2 cm³/mol. The van der Waals surface area contributed by atoms with E-state index in [2.05, 4.69) is 20.7 Å². The minimum atomic E-state index is -4.08. The second-order valence-corrected chi connectivity index (χ2v) is 7.72. The largest absolute Gasteiger partial charge is 0.478 e. The van der Waals surface area contributed by atoms with Crippen molar-refractivity contribution in [2.24, 2.45) is 5.92 Å². The number of carbonyl (C=O) groups is 1. The van der Waals surface area contributed by atoms with Crippen molar-refractivity contribution in [1.29, 1.82) is 0 Å². The van der Waals surface area contributed by atoms with Crippen molar-refractivity contribution >= 4 is 31.9 Å². The van der Waals surface area contributed by atoms with Crippen LogP contribution in [0.3, 0.4) is 0 Å². The molecule has 2 rings (SSSR count). The summed E-state index contributed by atoms with van der Waals surface area (Å²) in [5.74, 6) is -2.50. The van der Waals surface area contributed by atoms with Gasteiger partial charge in [-0.05, 0) is 30.9 Å². The maximum Gasteiger partial charge on any atom is 0.338 e. The average Bonchev–Trinajstić information content (AvgIpc) is 2.91. The van der Waals surface area contributed by atoms with Gasteiger partial charge in [0.05, 0.1) is 5.56 Å². The van der Waals surface area contributed by atoms with E-state index in [4.69, 9.17) is 5.11 Å². The number of sulfonamides is 1. The van der Waals surface area contributed by atoms with Gasteiger partial charge in [-0.2, -0.15) is 0 Å². The molecule has 0 atom stereocenters. The molecular weight excluding hydrogens is 365 g/mol. The minimum absolute atomic E-state index is 0.197. The molecule has 1 aromatic rings. The second kappa shape index (κ2) is 6.41. The number of benzene rings is 1. The summed E-state index contributed by atoms with van der Waals surface area (Å²) >= 11 is 3.00. The van der Waals surface area contributed by atoms with Gasteiger partial charge < -0.3 is 5.11 Å². The van der Waals surface area contributed by atoms with Gasteiger partial charge in [0, 0.05) is 11.0 Å². The molecule has 1 saturated carbocycles. The molecule has 2 N–H and O–H groups in total. The van der Waals surface area contributed by atoms with Gasteiger partial charge in [0.25, 0.3) is 0 Å². The number of hydrogen-bond acceptors (Lipinski definition) is 3. The Morgan fingerprint density at radius 2 is 2.00 bits per heavy atom. The van der Waals surface area contributed by atoms with Crippen molar-refractivity contribution in [2.45, 2.75) is 30.6 Å². The van der Waals surface area contributed by atoms with Gasteiger partial charge in [-0.1, -0.05) is 28.8 Å². The van der Waals surface area contributed by atoms with Crippen LogP contribution in [0.15, 0.2) is 21.5 Å². The predicted octanol–water partition coefficient (Wildman–Crippen LogP) is 2.75. The van der Waals surface area contributed by atoms with E-state index in [1.54, 1.807) is 0 Å². The fourth-order valence-corrected chi connectivity index (χ4v) is 4.28. The normalized spacial score (nSPS) is 16.3. The van der Waals surface area contributed by atoms with Gasteiger partial charge in [-0.3, -0.25) is 0 Å². The number of aromatic carboxylic acids is 1. The Kier molecular flexibility index (Phi) is 5.00. The molecule has 0 heterocycles. The summed E-state index contributed by atoms with van der Waals surface area (Å²) in [4.78, 5) is 10.3. The highest BCUT2D eigenvalue weighted by Crippen LogP contribution is 2.26. The van der Waals surface area contributed by atoms with Crippen LogP contribution in [0.5, 0.6) is 0 Å². The Morgan fingerprint density at radius 3 is 2.57 bits per heavy atom. The zero-order valence-corrected chi connectivity index (χ0v) is 13.5. The van der Waals surface area contributed by atoms with Crippen LogP contribution in [0.4, 0.5) is 4.39 Å². The average molecular weight is 380 g/mol. The van der Waals surface area contributed by atoms with Crippen LogP contribution in [-0.4, -0.2) is 26.0 Å². The Labute approximate surface area is 130 Å². The summed E-state index contributed by atoms with van der Waals surface area (Å²) in [6.45, 7) is 0.247. The van der Waals surface area contributed by atoms with Crippen molar-refractivity contribution in [2.75, 3.05) is 6.54 Å². The lowest BCUT2D eigenvalue weighted by atomic mass is 10.1. The van der Waals surface area contributed by atoms with Crippen molar-refractivity contribution < 1.29 is 22.7 Å². The first-order valence-electron chi connectivity index (χ1n) is 6.53. The molecule has 21 heavy (non-hydrogen) atoms. The van der Waals surface area contributed by atoms with E-state index in [1.807, 2.05) is 0 Å². The molecule has 1 aromatic carbocycles. The fourth-order valence-electron chi connectivity index (χ4n) is 2.44. The monoisotopic (exact) mass is 379 g/mol. The number of nitrogens with one attached hydrogen (secondary N) is 1. The highest BCUT2D eigenvalue weighted by Gasteiger charge is 2.26. The third kappa shape index (κ3) is 3.81. The fraction of sp³-hybridized carbons (Fsp3) is 0.462. The standard InChI is InChI=1S/C13H15BrFNO4S/c14-9-5-10(13(17)18)12(15)11(6-9)21(19,20)16-7-8-3-1-2-4-8/h5-6,8,16H,1-4,7H2,(H,17,18). The zero-order chi connectivity index (χ0) is 15.6. The summed E-state index contributed by atoms with van der Waals surface area (Å²) in [5.41, 5.74) is -0.675. The van der Waals surface area contributed by atoms with Crippen LogP contribution < -0.4 is 4.72 Å². The zero-order valence-electron chi connectivity index (χ0n) is 11.1. The molecule has 0 saturated heterocycles. The van der Waals surface area contributed by atoms with Crippen molar-refractivity contribution in [3.05, 3.63) is 28.0 Å². The van der Waals surface area contributed by atoms with Crippen LogP contribution in [-0.2, 0) is 10.0 Å². The molecule has 1 aliphatic carbocycles. The van der Waals surface area contributed by atoms with E-state index >= 15 is 0 Å². The molecule has 0 unspecified atom stereocenters. The van der Waals surface area contributed by atoms with Crippen LogP contribution in [0, 0.1) is 11.7 Å². The third-order valence-corrected chi connectivity index (χ3v) is 5.44. The highest BCUT2D eigenvalue weighted by atomic mass is 79.9. The van der Waals surface area contributed by atoms with Crippen molar-refractivity contribution in [1.82, 2.24) is 4.72 Å². The summed E-state index contributed by atoms with van der Waals surface area (Å²) in [6.07, 6.45) is 4.04. The number of rotatable bonds is 5. The maximum atomic E-state index is 14.1. The van der Waals surface area contributed by atoms with Gasteiger partial charge in [0.15, 0.2) is 5.82 Å². The Balaban J connectivity index is 2.28. The molecule has 116 valence electrons. The lowest BCUT2D eigenvalue weighted by Gasteiger charge is -2.13. The van der Waals surface area contributed by atoms with Gasteiger partial charge in [-0.25, -0.2) is 22.3 Å². The summed E-state index contributed by atoms with van der Waals surface area (Å²) in [7, 11) is -4.08. The van der Waals surface area contributed by atoms with Crippen LogP contribution in [0.25, 0.3) is 0 Å². The first-order valence-corrected chi connectivity index (χ1v) is 8.81. The van der Waals surface area contributed by atoms with E-state index in [0.29, 0.717) is 0 Å². The molecular formula is C13H15BrFNO4S. The van der Waals surface area contributed by atoms with E-state index in [-0.39, 0.29) is 16.9 Å².